The maximum Gasteiger partial charge on any atom is 0.276 e. The van der Waals surface area contributed by atoms with E-state index in [9.17, 15) is 14.4 Å². The summed E-state index contributed by atoms with van der Waals surface area (Å²) in [7, 11) is 0. The van der Waals surface area contributed by atoms with Gasteiger partial charge < -0.3 is 10.2 Å². The smallest absolute Gasteiger partial charge is 0.276 e. The summed E-state index contributed by atoms with van der Waals surface area (Å²) in [6, 6.07) is 14.4. The summed E-state index contributed by atoms with van der Waals surface area (Å²) >= 11 is 0. The highest BCUT2D eigenvalue weighted by Crippen LogP contribution is 2.18. The minimum Gasteiger partial charge on any atom is -0.339 e. The lowest BCUT2D eigenvalue weighted by Crippen LogP contribution is -2.29. The molecular formula is C24H28N4O3. The first kappa shape index (κ1) is 22.2. The molecule has 3 aromatic rings. The molecule has 0 spiro atoms. The largest absolute Gasteiger partial charge is 0.339 e. The summed E-state index contributed by atoms with van der Waals surface area (Å²) in [6.45, 7) is 8.96. The van der Waals surface area contributed by atoms with Crippen molar-refractivity contribution in [1.82, 2.24) is 14.7 Å². The van der Waals surface area contributed by atoms with E-state index in [4.69, 9.17) is 0 Å². The summed E-state index contributed by atoms with van der Waals surface area (Å²) in [5, 5.41) is 8.27. The summed E-state index contributed by atoms with van der Waals surface area (Å²) in [5.41, 5.74) is 1.53. The lowest BCUT2D eigenvalue weighted by Gasteiger charge is -2.19. The van der Waals surface area contributed by atoms with Crippen LogP contribution in [0.15, 0.2) is 53.3 Å². The van der Waals surface area contributed by atoms with Gasteiger partial charge in [-0.15, -0.1) is 0 Å². The van der Waals surface area contributed by atoms with Crippen LogP contribution in [0.25, 0.3) is 10.8 Å². The monoisotopic (exact) mass is 420 g/mol. The second-order valence-electron chi connectivity index (χ2n) is 7.96. The van der Waals surface area contributed by atoms with E-state index in [1.165, 1.54) is 11.6 Å². The van der Waals surface area contributed by atoms with Gasteiger partial charge in [-0.3, -0.25) is 14.4 Å². The Morgan fingerprint density at radius 1 is 1.10 bits per heavy atom. The first-order valence-electron chi connectivity index (χ1n) is 10.5. The van der Waals surface area contributed by atoms with Gasteiger partial charge in [0.05, 0.1) is 5.39 Å². The Kier molecular flexibility index (Phi) is 6.84. The van der Waals surface area contributed by atoms with E-state index in [1.54, 1.807) is 35.2 Å². The molecule has 0 atom stereocenters. The SMILES string of the molecule is CCN(Cc1cccc(NC(=O)c2nn(CC(C)C)c(=O)c3ccccc23)c1)C(C)=O. The predicted molar refractivity (Wildman–Crippen MR) is 122 cm³/mol. The van der Waals surface area contributed by atoms with Crippen LogP contribution in [0.4, 0.5) is 5.69 Å². The van der Waals surface area contributed by atoms with Gasteiger partial charge in [0.2, 0.25) is 5.91 Å². The fourth-order valence-electron chi connectivity index (χ4n) is 3.48. The molecule has 7 heteroatoms. The van der Waals surface area contributed by atoms with E-state index in [0.29, 0.717) is 36.1 Å². The Labute approximate surface area is 181 Å². The van der Waals surface area contributed by atoms with Gasteiger partial charge in [-0.2, -0.15) is 5.10 Å². The number of fused-ring (bicyclic) bond motifs is 1. The number of carbonyl (C=O) groups excluding carboxylic acids is 2. The number of nitrogens with zero attached hydrogens (tertiary/aromatic N) is 3. The van der Waals surface area contributed by atoms with Crippen molar-refractivity contribution in [3.8, 4) is 0 Å². The molecule has 0 aliphatic carbocycles. The normalized spacial score (nSPS) is 11.0. The zero-order chi connectivity index (χ0) is 22.5. The van der Waals surface area contributed by atoms with Gasteiger partial charge in [-0.05, 0) is 36.6 Å². The van der Waals surface area contributed by atoms with Gasteiger partial charge in [-0.1, -0.05) is 44.2 Å². The molecule has 2 aromatic carbocycles. The molecule has 1 N–H and O–H groups in total. The number of rotatable bonds is 7. The molecule has 7 nitrogen and oxygen atoms in total. The Hall–Kier alpha value is -3.48. The van der Waals surface area contributed by atoms with E-state index in [0.717, 1.165) is 5.56 Å². The van der Waals surface area contributed by atoms with Crippen LogP contribution in [0.2, 0.25) is 0 Å². The average molecular weight is 421 g/mol. The number of benzene rings is 2. The quantitative estimate of drug-likeness (QED) is 0.632. The van der Waals surface area contributed by atoms with Crippen molar-refractivity contribution in [2.24, 2.45) is 5.92 Å². The standard InChI is InChI=1S/C24H28N4O3/c1-5-27(17(4)29)15-18-9-8-10-19(13-18)25-23(30)22-20-11-6-7-12-21(20)24(31)28(26-22)14-16(2)3/h6-13,16H,5,14-15H2,1-4H3,(H,25,30). The van der Waals surface area contributed by atoms with Crippen LogP contribution in [0, 0.1) is 5.92 Å². The highest BCUT2D eigenvalue weighted by Gasteiger charge is 2.17. The van der Waals surface area contributed by atoms with Crippen LogP contribution in [0.1, 0.15) is 43.7 Å². The Morgan fingerprint density at radius 3 is 2.45 bits per heavy atom. The molecule has 0 radical (unpaired) electrons. The minimum atomic E-state index is -0.384. The number of anilines is 1. The van der Waals surface area contributed by atoms with Gasteiger partial charge in [0.25, 0.3) is 11.5 Å². The van der Waals surface area contributed by atoms with E-state index in [2.05, 4.69) is 10.4 Å². The first-order valence-corrected chi connectivity index (χ1v) is 10.5. The van der Waals surface area contributed by atoms with Gasteiger partial charge in [0.15, 0.2) is 5.69 Å². The maximum atomic E-state index is 13.1. The molecule has 162 valence electrons. The second-order valence-corrected chi connectivity index (χ2v) is 7.96. The molecule has 0 saturated carbocycles. The van der Waals surface area contributed by atoms with Gasteiger partial charge >= 0.3 is 0 Å². The summed E-state index contributed by atoms with van der Waals surface area (Å²) in [4.78, 5) is 39.3. The molecule has 0 aliphatic rings. The molecule has 1 heterocycles. The minimum absolute atomic E-state index is 0.0000166. The molecule has 0 unspecified atom stereocenters. The topological polar surface area (TPSA) is 84.3 Å². The molecule has 31 heavy (non-hydrogen) atoms. The number of amides is 2. The van der Waals surface area contributed by atoms with E-state index < -0.39 is 0 Å². The van der Waals surface area contributed by atoms with Crippen LogP contribution >= 0.6 is 0 Å². The van der Waals surface area contributed by atoms with Crippen molar-refractivity contribution in [1.29, 1.82) is 0 Å². The molecule has 3 rings (SSSR count). The molecule has 2 amide bonds. The van der Waals surface area contributed by atoms with Crippen molar-refractivity contribution >= 4 is 28.3 Å². The van der Waals surface area contributed by atoms with E-state index in [1.807, 2.05) is 39.0 Å². The van der Waals surface area contributed by atoms with Crippen LogP contribution in [-0.4, -0.2) is 33.0 Å². The molecular weight excluding hydrogens is 392 g/mol. The van der Waals surface area contributed by atoms with Gasteiger partial charge in [0.1, 0.15) is 0 Å². The third-order valence-electron chi connectivity index (χ3n) is 5.01. The fourth-order valence-corrected chi connectivity index (χ4v) is 3.48. The molecule has 0 saturated heterocycles. The zero-order valence-corrected chi connectivity index (χ0v) is 18.4. The summed E-state index contributed by atoms with van der Waals surface area (Å²) < 4.78 is 1.37. The first-order chi connectivity index (χ1) is 14.8. The Bertz CT molecular complexity index is 1170. The number of carbonyl (C=O) groups is 2. The van der Waals surface area contributed by atoms with Crippen LogP contribution in [0.3, 0.4) is 0 Å². The van der Waals surface area contributed by atoms with E-state index in [-0.39, 0.29) is 29.0 Å². The Balaban J connectivity index is 1.94. The third kappa shape index (κ3) is 5.17. The van der Waals surface area contributed by atoms with E-state index >= 15 is 0 Å². The molecule has 1 aromatic heterocycles. The zero-order valence-electron chi connectivity index (χ0n) is 18.4. The number of hydrogen-bond acceptors (Lipinski definition) is 4. The molecule has 0 fully saturated rings. The van der Waals surface area contributed by atoms with Gasteiger partial charge in [0, 0.05) is 37.6 Å². The highest BCUT2D eigenvalue weighted by atomic mass is 16.2. The summed E-state index contributed by atoms with van der Waals surface area (Å²) in [6.07, 6.45) is 0. The lowest BCUT2D eigenvalue weighted by molar-refractivity contribution is -0.129. The summed E-state index contributed by atoms with van der Waals surface area (Å²) in [5.74, 6) is -0.175. The van der Waals surface area contributed by atoms with Crippen LogP contribution in [-0.2, 0) is 17.9 Å². The second kappa shape index (κ2) is 9.55. The maximum absolute atomic E-state index is 13.1. The van der Waals surface area contributed by atoms with Gasteiger partial charge in [-0.25, -0.2) is 4.68 Å². The Morgan fingerprint density at radius 2 is 1.81 bits per heavy atom. The molecule has 0 aliphatic heterocycles. The average Bonchev–Trinajstić information content (AvgIpc) is 2.73. The van der Waals surface area contributed by atoms with Crippen LogP contribution < -0.4 is 10.9 Å². The number of nitrogens with one attached hydrogen (secondary N) is 1. The predicted octanol–water partition coefficient (Wildman–Crippen LogP) is 3.67. The lowest BCUT2D eigenvalue weighted by atomic mass is 10.1. The van der Waals surface area contributed by atoms with Crippen LogP contribution in [0.5, 0.6) is 0 Å². The van der Waals surface area contributed by atoms with Crippen molar-refractivity contribution in [2.75, 3.05) is 11.9 Å². The van der Waals surface area contributed by atoms with Crippen molar-refractivity contribution in [3.05, 3.63) is 70.1 Å². The number of hydrogen-bond donors (Lipinski definition) is 1. The fraction of sp³-hybridized carbons (Fsp3) is 0.333. The van der Waals surface area contributed by atoms with Crippen molar-refractivity contribution < 1.29 is 9.59 Å². The molecule has 0 bridgehead atoms. The van der Waals surface area contributed by atoms with Crippen molar-refractivity contribution in [3.63, 3.8) is 0 Å². The third-order valence-corrected chi connectivity index (χ3v) is 5.01. The number of aromatic nitrogens is 2. The highest BCUT2D eigenvalue weighted by molar-refractivity contribution is 6.11. The van der Waals surface area contributed by atoms with Crippen molar-refractivity contribution in [2.45, 2.75) is 40.8 Å².